The molecule has 0 heterocycles. The van der Waals surface area contributed by atoms with Gasteiger partial charge in [0, 0.05) is 13.1 Å². The van der Waals surface area contributed by atoms with Gasteiger partial charge in [0.2, 0.25) is 0 Å². The van der Waals surface area contributed by atoms with Gasteiger partial charge in [0.1, 0.15) is 5.75 Å². The number of nitrogens with one attached hydrogen (secondary N) is 2. The number of hydrogen-bond donors (Lipinski definition) is 2. The third-order valence-electron chi connectivity index (χ3n) is 3.87. The van der Waals surface area contributed by atoms with E-state index in [2.05, 4.69) is 10.6 Å². The summed E-state index contributed by atoms with van der Waals surface area (Å²) in [4.78, 5) is 0.162. The van der Waals surface area contributed by atoms with Crippen molar-refractivity contribution in [3.8, 4) is 5.75 Å². The number of para-hydroxylation sites is 1. The first-order valence-electron chi connectivity index (χ1n) is 8.74. The zero-order chi connectivity index (χ0) is 19.9. The van der Waals surface area contributed by atoms with Gasteiger partial charge in [0.25, 0.3) is 10.0 Å². The summed E-state index contributed by atoms with van der Waals surface area (Å²) in [5.74, 6) is 0.511. The van der Waals surface area contributed by atoms with Crippen LogP contribution >= 0.6 is 12.2 Å². The molecule has 6 nitrogen and oxygen atoms in total. The summed E-state index contributed by atoms with van der Waals surface area (Å²) >= 11 is 5.26. The molecule has 0 atom stereocenters. The van der Waals surface area contributed by atoms with Gasteiger partial charge in [-0.1, -0.05) is 25.1 Å². The lowest BCUT2D eigenvalue weighted by molar-refractivity contribution is 0.416. The summed E-state index contributed by atoms with van der Waals surface area (Å²) in [7, 11) is -2.20. The first kappa shape index (κ1) is 21.0. The molecule has 0 bridgehead atoms. The number of rotatable bonds is 8. The Morgan fingerprint density at radius 1 is 1.15 bits per heavy atom. The van der Waals surface area contributed by atoms with Crippen LogP contribution in [-0.4, -0.2) is 33.7 Å². The molecular weight excluding hydrogens is 382 g/mol. The van der Waals surface area contributed by atoms with E-state index in [9.17, 15) is 8.42 Å². The van der Waals surface area contributed by atoms with Crippen LogP contribution in [0.5, 0.6) is 5.75 Å². The van der Waals surface area contributed by atoms with Crippen molar-refractivity contribution in [1.29, 1.82) is 0 Å². The second-order valence-electron chi connectivity index (χ2n) is 5.75. The maximum absolute atomic E-state index is 13.2. The molecule has 0 aromatic heterocycles. The molecule has 2 N–H and O–H groups in total. The van der Waals surface area contributed by atoms with Crippen LogP contribution in [0.1, 0.15) is 20.3 Å². The fourth-order valence-electron chi connectivity index (χ4n) is 2.56. The molecule has 146 valence electrons. The number of ether oxygens (including phenoxy) is 1. The normalized spacial score (nSPS) is 10.9. The third kappa shape index (κ3) is 5.11. The first-order valence-corrected chi connectivity index (χ1v) is 10.6. The number of anilines is 2. The van der Waals surface area contributed by atoms with Gasteiger partial charge in [-0.2, -0.15) is 0 Å². The molecule has 0 aliphatic rings. The molecule has 2 aromatic carbocycles. The molecule has 0 radical (unpaired) electrons. The molecule has 0 aliphatic heterocycles. The van der Waals surface area contributed by atoms with Gasteiger partial charge in [0.15, 0.2) is 5.11 Å². The highest BCUT2D eigenvalue weighted by Gasteiger charge is 2.24. The third-order valence-corrected chi connectivity index (χ3v) is 6.02. The Labute approximate surface area is 166 Å². The topological polar surface area (TPSA) is 70.7 Å². The second-order valence-corrected chi connectivity index (χ2v) is 8.02. The molecule has 0 aliphatic carbocycles. The van der Waals surface area contributed by atoms with Crippen molar-refractivity contribution < 1.29 is 13.2 Å². The van der Waals surface area contributed by atoms with Gasteiger partial charge in [-0.05, 0) is 55.9 Å². The fraction of sp³-hybridized carbons (Fsp3) is 0.316. The van der Waals surface area contributed by atoms with Gasteiger partial charge in [-0.15, -0.1) is 0 Å². The van der Waals surface area contributed by atoms with Crippen molar-refractivity contribution in [1.82, 2.24) is 5.32 Å². The van der Waals surface area contributed by atoms with Crippen molar-refractivity contribution in [3.63, 3.8) is 0 Å². The van der Waals surface area contributed by atoms with Crippen LogP contribution in [0.2, 0.25) is 0 Å². The number of benzene rings is 2. The Hall–Kier alpha value is -2.32. The standard InChI is InChI=1S/C19H25N3O3S2/c1-4-13-20-19(26)21-17-14-16(11-12-18(17)25-3)27(23,24)22(5-2)15-9-7-6-8-10-15/h6-12,14H,4-5,13H2,1-3H3,(H2,20,21,26). The van der Waals surface area contributed by atoms with Crippen LogP contribution in [0, 0.1) is 0 Å². The molecule has 0 unspecified atom stereocenters. The molecule has 2 aromatic rings. The highest BCUT2D eigenvalue weighted by Crippen LogP contribution is 2.30. The minimum absolute atomic E-state index is 0.162. The fourth-order valence-corrected chi connectivity index (χ4v) is 4.28. The lowest BCUT2D eigenvalue weighted by Crippen LogP contribution is -2.31. The quantitative estimate of drug-likeness (QED) is 0.652. The van der Waals surface area contributed by atoms with Gasteiger partial charge in [-0.25, -0.2) is 8.42 Å². The monoisotopic (exact) mass is 407 g/mol. The molecule has 8 heteroatoms. The van der Waals surface area contributed by atoms with E-state index in [1.54, 1.807) is 31.2 Å². The van der Waals surface area contributed by atoms with Crippen LogP contribution < -0.4 is 19.7 Å². The Balaban J connectivity index is 2.39. The van der Waals surface area contributed by atoms with Crippen LogP contribution in [-0.2, 0) is 10.0 Å². The number of thiocarbonyl (C=S) groups is 1. The zero-order valence-corrected chi connectivity index (χ0v) is 17.4. The zero-order valence-electron chi connectivity index (χ0n) is 15.7. The van der Waals surface area contributed by atoms with Gasteiger partial charge >= 0.3 is 0 Å². The molecule has 27 heavy (non-hydrogen) atoms. The Kier molecular flexibility index (Phi) is 7.44. The van der Waals surface area contributed by atoms with Crippen molar-refractivity contribution in [2.45, 2.75) is 25.2 Å². The van der Waals surface area contributed by atoms with Crippen molar-refractivity contribution in [3.05, 3.63) is 48.5 Å². The van der Waals surface area contributed by atoms with Crippen LogP contribution in [0.4, 0.5) is 11.4 Å². The first-order chi connectivity index (χ1) is 12.9. The maximum Gasteiger partial charge on any atom is 0.264 e. The molecule has 0 spiro atoms. The summed E-state index contributed by atoms with van der Waals surface area (Å²) < 4.78 is 33.1. The van der Waals surface area contributed by atoms with Crippen molar-refractivity contribution >= 4 is 38.7 Å². The van der Waals surface area contributed by atoms with Gasteiger partial charge < -0.3 is 15.4 Å². The Morgan fingerprint density at radius 2 is 1.85 bits per heavy atom. The van der Waals surface area contributed by atoms with Crippen molar-refractivity contribution in [2.24, 2.45) is 0 Å². The number of sulfonamides is 1. The van der Waals surface area contributed by atoms with E-state index < -0.39 is 10.0 Å². The SMILES string of the molecule is CCCNC(=S)Nc1cc(S(=O)(=O)N(CC)c2ccccc2)ccc1OC. The van der Waals surface area contributed by atoms with Crippen molar-refractivity contribution in [2.75, 3.05) is 29.8 Å². The van der Waals surface area contributed by atoms with Crippen LogP contribution in [0.15, 0.2) is 53.4 Å². The summed E-state index contributed by atoms with van der Waals surface area (Å²) in [6, 6.07) is 13.7. The Morgan fingerprint density at radius 3 is 2.44 bits per heavy atom. The van der Waals surface area contributed by atoms with E-state index in [0.29, 0.717) is 28.8 Å². The summed E-state index contributed by atoms with van der Waals surface area (Å²) in [5.41, 5.74) is 1.11. The molecule has 0 saturated carbocycles. The largest absolute Gasteiger partial charge is 0.495 e. The highest BCUT2D eigenvalue weighted by atomic mass is 32.2. The summed E-state index contributed by atoms with van der Waals surface area (Å²) in [6.45, 7) is 4.88. The highest BCUT2D eigenvalue weighted by molar-refractivity contribution is 7.92. The minimum Gasteiger partial charge on any atom is -0.495 e. The predicted molar refractivity (Wildman–Crippen MR) is 114 cm³/mol. The lowest BCUT2D eigenvalue weighted by Gasteiger charge is -2.23. The maximum atomic E-state index is 13.2. The molecule has 2 rings (SSSR count). The van der Waals surface area contributed by atoms with Crippen LogP contribution in [0.3, 0.4) is 0 Å². The summed E-state index contributed by atoms with van der Waals surface area (Å²) in [5, 5.41) is 6.49. The molecule has 0 fully saturated rings. The van der Waals surface area contributed by atoms with E-state index in [1.807, 2.05) is 25.1 Å². The predicted octanol–water partition coefficient (Wildman–Crippen LogP) is 3.61. The van der Waals surface area contributed by atoms with E-state index in [0.717, 1.165) is 13.0 Å². The molecular formula is C19H25N3O3S2. The molecule has 0 amide bonds. The Bertz CT molecular complexity index is 871. The summed E-state index contributed by atoms with van der Waals surface area (Å²) in [6.07, 6.45) is 0.926. The smallest absolute Gasteiger partial charge is 0.264 e. The minimum atomic E-state index is -3.73. The lowest BCUT2D eigenvalue weighted by atomic mass is 10.3. The van der Waals surface area contributed by atoms with E-state index in [-0.39, 0.29) is 4.90 Å². The van der Waals surface area contributed by atoms with E-state index in [1.165, 1.54) is 17.5 Å². The number of nitrogens with zero attached hydrogens (tertiary/aromatic N) is 1. The van der Waals surface area contributed by atoms with Gasteiger partial charge in [-0.3, -0.25) is 4.31 Å². The van der Waals surface area contributed by atoms with E-state index in [4.69, 9.17) is 17.0 Å². The number of methoxy groups -OCH3 is 1. The average molecular weight is 408 g/mol. The van der Waals surface area contributed by atoms with Crippen LogP contribution in [0.25, 0.3) is 0 Å². The van der Waals surface area contributed by atoms with Gasteiger partial charge in [0.05, 0.1) is 23.4 Å². The van der Waals surface area contributed by atoms with E-state index >= 15 is 0 Å². The number of hydrogen-bond acceptors (Lipinski definition) is 4. The second kappa shape index (κ2) is 9.57. The average Bonchev–Trinajstić information content (AvgIpc) is 2.67. The molecule has 0 saturated heterocycles.